The van der Waals surface area contributed by atoms with Crippen molar-refractivity contribution in [2.24, 2.45) is 0 Å². The van der Waals surface area contributed by atoms with Crippen LogP contribution in [0.4, 0.5) is 0 Å². The molecule has 0 bridgehead atoms. The largest absolute Gasteiger partial charge is 0.481 e. The summed E-state index contributed by atoms with van der Waals surface area (Å²) >= 11 is 0. The van der Waals surface area contributed by atoms with Crippen LogP contribution in [0, 0.1) is 6.92 Å². The zero-order valence-electron chi connectivity index (χ0n) is 15.0. The van der Waals surface area contributed by atoms with Gasteiger partial charge in [-0.25, -0.2) is 4.79 Å². The van der Waals surface area contributed by atoms with Crippen molar-refractivity contribution in [3.63, 3.8) is 0 Å². The van der Waals surface area contributed by atoms with E-state index in [1.54, 1.807) is 6.07 Å². The van der Waals surface area contributed by atoms with Crippen LogP contribution in [0.3, 0.4) is 0 Å². The number of allylic oxidation sites excluding steroid dienone is 1. The SMILES string of the molecule is CC(=CCC1OC(O)c2c(C(=O)O)cc(C3CC3)c(C)c21)CCC(=O)O. The van der Waals surface area contributed by atoms with Gasteiger partial charge in [-0.3, -0.25) is 4.79 Å². The van der Waals surface area contributed by atoms with Crippen molar-refractivity contribution in [1.82, 2.24) is 0 Å². The van der Waals surface area contributed by atoms with E-state index < -0.39 is 24.3 Å². The number of aliphatic hydroxyl groups excluding tert-OH is 1. The van der Waals surface area contributed by atoms with Gasteiger partial charge in [0, 0.05) is 12.0 Å². The molecule has 6 heteroatoms. The normalized spacial score (nSPS) is 22.3. The van der Waals surface area contributed by atoms with Crippen molar-refractivity contribution in [2.75, 3.05) is 0 Å². The molecule has 1 aliphatic heterocycles. The molecule has 0 aromatic heterocycles. The molecular weight excluding hydrogens is 336 g/mol. The monoisotopic (exact) mass is 360 g/mol. The van der Waals surface area contributed by atoms with Gasteiger partial charge >= 0.3 is 11.9 Å². The fourth-order valence-electron chi connectivity index (χ4n) is 3.70. The lowest BCUT2D eigenvalue weighted by molar-refractivity contribution is -0.136. The molecule has 1 saturated carbocycles. The summed E-state index contributed by atoms with van der Waals surface area (Å²) in [5.74, 6) is -1.50. The quantitative estimate of drug-likeness (QED) is 0.638. The Balaban J connectivity index is 1.92. The Morgan fingerprint density at radius 2 is 1.92 bits per heavy atom. The second-order valence-electron chi connectivity index (χ2n) is 7.20. The molecule has 1 aromatic carbocycles. The predicted octanol–water partition coefficient (Wildman–Crippen LogP) is 3.83. The van der Waals surface area contributed by atoms with Crippen LogP contribution in [0.2, 0.25) is 0 Å². The summed E-state index contributed by atoms with van der Waals surface area (Å²) in [5.41, 5.74) is 4.24. The number of carboxylic acids is 2. The molecule has 2 atom stereocenters. The van der Waals surface area contributed by atoms with E-state index in [2.05, 4.69) is 0 Å². The maximum absolute atomic E-state index is 11.7. The highest BCUT2D eigenvalue weighted by Crippen LogP contribution is 2.49. The third-order valence-corrected chi connectivity index (χ3v) is 5.24. The van der Waals surface area contributed by atoms with Crippen molar-refractivity contribution in [2.45, 2.75) is 64.3 Å². The molecule has 2 unspecified atom stereocenters. The number of rotatable bonds is 7. The first kappa shape index (κ1) is 18.6. The zero-order chi connectivity index (χ0) is 19.0. The van der Waals surface area contributed by atoms with Gasteiger partial charge in [0.15, 0.2) is 6.29 Å². The number of fused-ring (bicyclic) bond motifs is 1. The number of aliphatic hydroxyl groups is 1. The van der Waals surface area contributed by atoms with E-state index in [0.29, 0.717) is 24.3 Å². The number of aliphatic carboxylic acids is 1. The van der Waals surface area contributed by atoms with Gasteiger partial charge in [0.25, 0.3) is 0 Å². The van der Waals surface area contributed by atoms with Crippen molar-refractivity contribution < 1.29 is 29.6 Å². The fraction of sp³-hybridized carbons (Fsp3) is 0.500. The molecule has 6 nitrogen and oxygen atoms in total. The third-order valence-electron chi connectivity index (χ3n) is 5.24. The van der Waals surface area contributed by atoms with Gasteiger partial charge in [-0.2, -0.15) is 0 Å². The zero-order valence-corrected chi connectivity index (χ0v) is 15.0. The predicted molar refractivity (Wildman–Crippen MR) is 94.1 cm³/mol. The van der Waals surface area contributed by atoms with E-state index >= 15 is 0 Å². The van der Waals surface area contributed by atoms with Crippen molar-refractivity contribution in [1.29, 1.82) is 0 Å². The molecule has 1 aromatic rings. The first-order valence-corrected chi connectivity index (χ1v) is 8.91. The molecule has 0 amide bonds. The summed E-state index contributed by atoms with van der Waals surface area (Å²) in [7, 11) is 0. The van der Waals surface area contributed by atoms with Crippen LogP contribution >= 0.6 is 0 Å². The van der Waals surface area contributed by atoms with Gasteiger partial charge in [0.2, 0.25) is 0 Å². The summed E-state index contributed by atoms with van der Waals surface area (Å²) in [6.07, 6.45) is 3.36. The summed E-state index contributed by atoms with van der Waals surface area (Å²) < 4.78 is 5.67. The molecule has 2 aliphatic rings. The van der Waals surface area contributed by atoms with E-state index in [0.717, 1.165) is 35.1 Å². The number of carboxylic acid groups (broad SMARTS) is 2. The third kappa shape index (κ3) is 3.66. The van der Waals surface area contributed by atoms with Crippen molar-refractivity contribution in [3.05, 3.63) is 45.5 Å². The topological polar surface area (TPSA) is 104 Å². The van der Waals surface area contributed by atoms with E-state index in [1.165, 1.54) is 0 Å². The molecule has 0 saturated heterocycles. The Kier molecular flexibility index (Phi) is 5.16. The summed E-state index contributed by atoms with van der Waals surface area (Å²) in [5, 5.41) is 28.7. The maximum Gasteiger partial charge on any atom is 0.336 e. The van der Waals surface area contributed by atoms with Gasteiger partial charge in [-0.05, 0) is 68.2 Å². The van der Waals surface area contributed by atoms with Crippen LogP contribution in [0.1, 0.15) is 90.0 Å². The van der Waals surface area contributed by atoms with Gasteiger partial charge in [-0.15, -0.1) is 0 Å². The molecule has 140 valence electrons. The van der Waals surface area contributed by atoms with Crippen molar-refractivity contribution in [3.8, 4) is 0 Å². The summed E-state index contributed by atoms with van der Waals surface area (Å²) in [6.45, 7) is 3.83. The highest BCUT2D eigenvalue weighted by Gasteiger charge is 2.38. The van der Waals surface area contributed by atoms with E-state index in [-0.39, 0.29) is 12.0 Å². The first-order chi connectivity index (χ1) is 12.3. The number of aromatic carboxylic acids is 1. The van der Waals surface area contributed by atoms with E-state index in [4.69, 9.17) is 9.84 Å². The molecular formula is C20H24O6. The smallest absolute Gasteiger partial charge is 0.336 e. The van der Waals surface area contributed by atoms with Gasteiger partial charge in [0.05, 0.1) is 11.7 Å². The molecule has 26 heavy (non-hydrogen) atoms. The number of hydrogen-bond acceptors (Lipinski definition) is 4. The molecule has 0 radical (unpaired) electrons. The lowest BCUT2D eigenvalue weighted by atomic mass is 9.88. The molecule has 3 N–H and O–H groups in total. The van der Waals surface area contributed by atoms with Crippen LogP contribution in [-0.4, -0.2) is 27.3 Å². The highest BCUT2D eigenvalue weighted by atomic mass is 16.6. The average Bonchev–Trinajstić information content (AvgIpc) is 3.35. The highest BCUT2D eigenvalue weighted by molar-refractivity contribution is 5.91. The van der Waals surface area contributed by atoms with Crippen LogP contribution < -0.4 is 0 Å². The second kappa shape index (κ2) is 7.21. The standard InChI is InChI=1S/C20H24O6/c1-10(4-8-16(21)22)3-7-15-17-11(2)13(12-5-6-12)9-14(19(23)24)18(17)20(25)26-15/h3,9,12,15,20,25H,4-8H2,1-2H3,(H,21,22)(H,23,24). The minimum Gasteiger partial charge on any atom is -0.481 e. The van der Waals surface area contributed by atoms with Crippen molar-refractivity contribution >= 4 is 11.9 Å². The van der Waals surface area contributed by atoms with E-state index in [1.807, 2.05) is 19.9 Å². The number of ether oxygens (including phenoxy) is 1. The van der Waals surface area contributed by atoms with Gasteiger partial charge in [0.1, 0.15) is 0 Å². The molecule has 1 aliphatic carbocycles. The minimum atomic E-state index is -1.25. The molecule has 1 heterocycles. The molecule has 0 spiro atoms. The Labute approximate surface area is 152 Å². The fourth-order valence-corrected chi connectivity index (χ4v) is 3.70. The van der Waals surface area contributed by atoms with E-state index in [9.17, 15) is 19.8 Å². The lowest BCUT2D eigenvalue weighted by Gasteiger charge is -2.16. The Morgan fingerprint density at radius 3 is 2.50 bits per heavy atom. The number of carbonyl (C=O) groups is 2. The number of benzene rings is 1. The average molecular weight is 360 g/mol. The van der Waals surface area contributed by atoms with Crippen LogP contribution in [0.15, 0.2) is 17.7 Å². The summed E-state index contributed by atoms with van der Waals surface area (Å²) in [4.78, 5) is 22.4. The number of hydrogen-bond donors (Lipinski definition) is 3. The second-order valence-corrected chi connectivity index (χ2v) is 7.20. The first-order valence-electron chi connectivity index (χ1n) is 8.91. The van der Waals surface area contributed by atoms with Crippen LogP contribution in [0.25, 0.3) is 0 Å². The Bertz CT molecular complexity index is 775. The van der Waals surface area contributed by atoms with Gasteiger partial charge in [-0.1, -0.05) is 11.6 Å². The van der Waals surface area contributed by atoms with Crippen LogP contribution in [-0.2, 0) is 9.53 Å². The van der Waals surface area contributed by atoms with Gasteiger partial charge < -0.3 is 20.1 Å². The Morgan fingerprint density at radius 1 is 1.23 bits per heavy atom. The Hall–Kier alpha value is -2.18. The maximum atomic E-state index is 11.7. The minimum absolute atomic E-state index is 0.0705. The lowest BCUT2D eigenvalue weighted by Crippen LogP contribution is -2.09. The van der Waals surface area contributed by atoms with Crippen LogP contribution in [0.5, 0.6) is 0 Å². The molecule has 3 rings (SSSR count). The summed E-state index contributed by atoms with van der Waals surface area (Å²) in [6, 6.07) is 1.69. The molecule has 1 fully saturated rings.